The molecule has 10 heteroatoms. The molecule has 2 saturated heterocycles. The fraction of sp³-hybridized carbons (Fsp3) is 0.708. The van der Waals surface area contributed by atoms with Crippen LogP contribution in [0.2, 0.25) is 0 Å². The van der Waals surface area contributed by atoms with Crippen LogP contribution in [0.4, 0.5) is 13.2 Å². The second kappa shape index (κ2) is 12.3. The topological polar surface area (TPSA) is 74.3 Å². The molecular weight excluding hydrogens is 451 g/mol. The molecular formula is C24H36F3N3O4. The number of nitrogens with zero attached hydrogens (tertiary/aromatic N) is 2. The molecule has 34 heavy (non-hydrogen) atoms. The van der Waals surface area contributed by atoms with Gasteiger partial charge in [0.1, 0.15) is 0 Å². The van der Waals surface area contributed by atoms with E-state index >= 15 is 0 Å². The van der Waals surface area contributed by atoms with Crippen molar-refractivity contribution in [3.05, 3.63) is 35.4 Å². The number of rotatable bonds is 8. The van der Waals surface area contributed by atoms with Crippen LogP contribution in [0.15, 0.2) is 24.3 Å². The molecule has 2 N–H and O–H groups in total. The number of benzene rings is 1. The molecule has 0 spiro atoms. The van der Waals surface area contributed by atoms with Crippen LogP contribution in [0.3, 0.4) is 0 Å². The average Bonchev–Trinajstić information content (AvgIpc) is 2.75. The summed E-state index contributed by atoms with van der Waals surface area (Å²) in [7, 11) is 3.97. The number of fused-ring (bicyclic) bond motifs is 1. The highest BCUT2D eigenvalue weighted by Gasteiger charge is 2.38. The lowest BCUT2D eigenvalue weighted by Crippen LogP contribution is -2.55. The van der Waals surface area contributed by atoms with E-state index in [0.717, 1.165) is 25.1 Å². The summed E-state index contributed by atoms with van der Waals surface area (Å²) in [5.74, 6) is -0.0507. The average molecular weight is 488 g/mol. The van der Waals surface area contributed by atoms with Gasteiger partial charge in [0.05, 0.1) is 43.5 Å². The molecule has 4 atom stereocenters. The molecule has 3 rings (SSSR count). The smallest absolute Gasteiger partial charge is 0.389 e. The van der Waals surface area contributed by atoms with Crippen LogP contribution >= 0.6 is 0 Å². The molecule has 0 aromatic heterocycles. The molecule has 0 unspecified atom stereocenters. The number of alkyl halides is 3. The number of amides is 1. The molecule has 192 valence electrons. The summed E-state index contributed by atoms with van der Waals surface area (Å²) >= 11 is 0. The van der Waals surface area contributed by atoms with E-state index in [0.29, 0.717) is 24.9 Å². The standard InChI is InChI=1S/C24H36F3N3O4/c1-29(2)10-4-9-28-23(32)12-20-7-8-21-22(34-20)16-33-15-19(31)14-30(21)13-17-5-3-6-18(11-17)24(25,26)27/h3,5-6,11,19-22,31H,4,7-10,12-16H2,1-2H3,(H,28,32)/t19-,20-,21-,22+/m0/s1. The highest BCUT2D eigenvalue weighted by molar-refractivity contribution is 5.76. The van der Waals surface area contributed by atoms with Gasteiger partial charge in [0.15, 0.2) is 0 Å². The molecule has 0 bridgehead atoms. The Morgan fingerprint density at radius 1 is 1.26 bits per heavy atom. The number of ether oxygens (including phenoxy) is 2. The Bertz CT molecular complexity index is 793. The number of nitrogens with one attached hydrogen (secondary N) is 1. The number of hydrogen-bond donors (Lipinski definition) is 2. The van der Waals surface area contributed by atoms with Gasteiger partial charge >= 0.3 is 6.18 Å². The van der Waals surface area contributed by atoms with Crippen molar-refractivity contribution in [3.63, 3.8) is 0 Å². The van der Waals surface area contributed by atoms with Gasteiger partial charge in [0.2, 0.25) is 5.91 Å². The fourth-order valence-corrected chi connectivity index (χ4v) is 4.61. The van der Waals surface area contributed by atoms with Crippen molar-refractivity contribution in [2.75, 3.05) is 46.9 Å². The van der Waals surface area contributed by atoms with Crippen molar-refractivity contribution in [2.24, 2.45) is 0 Å². The van der Waals surface area contributed by atoms with Crippen LogP contribution in [0, 0.1) is 0 Å². The zero-order valence-corrected chi connectivity index (χ0v) is 19.9. The lowest BCUT2D eigenvalue weighted by atomic mass is 9.94. The summed E-state index contributed by atoms with van der Waals surface area (Å²) in [4.78, 5) is 16.4. The summed E-state index contributed by atoms with van der Waals surface area (Å²) in [6.07, 6.45) is -3.21. The Labute approximate surface area is 199 Å². The van der Waals surface area contributed by atoms with E-state index in [1.807, 2.05) is 19.0 Å². The minimum atomic E-state index is -4.41. The number of hydrogen-bond acceptors (Lipinski definition) is 6. The van der Waals surface area contributed by atoms with Gasteiger partial charge in [-0.05, 0) is 51.5 Å². The Hall–Kier alpha value is -1.72. The predicted octanol–water partition coefficient (Wildman–Crippen LogP) is 2.27. The molecule has 1 aromatic rings. The normalized spacial score (nSPS) is 26.6. The van der Waals surface area contributed by atoms with E-state index in [-0.39, 0.29) is 56.9 Å². The Balaban J connectivity index is 1.60. The minimum absolute atomic E-state index is 0.0507. The van der Waals surface area contributed by atoms with Crippen molar-refractivity contribution in [1.29, 1.82) is 0 Å². The first-order valence-corrected chi connectivity index (χ1v) is 11.8. The van der Waals surface area contributed by atoms with Gasteiger partial charge in [0, 0.05) is 25.7 Å². The van der Waals surface area contributed by atoms with E-state index < -0.39 is 17.8 Å². The maximum absolute atomic E-state index is 13.2. The molecule has 2 heterocycles. The van der Waals surface area contributed by atoms with E-state index in [4.69, 9.17) is 9.47 Å². The van der Waals surface area contributed by atoms with Crippen LogP contribution in [-0.4, -0.2) is 92.1 Å². The molecule has 0 radical (unpaired) electrons. The minimum Gasteiger partial charge on any atom is -0.389 e. The molecule has 0 aliphatic carbocycles. The summed E-state index contributed by atoms with van der Waals surface area (Å²) < 4.78 is 51.3. The molecule has 1 amide bonds. The fourth-order valence-electron chi connectivity index (χ4n) is 4.61. The highest BCUT2D eigenvalue weighted by atomic mass is 19.4. The first kappa shape index (κ1) is 26.9. The van der Waals surface area contributed by atoms with Gasteiger partial charge in [-0.25, -0.2) is 0 Å². The van der Waals surface area contributed by atoms with Gasteiger partial charge in [-0.15, -0.1) is 0 Å². The van der Waals surface area contributed by atoms with Crippen LogP contribution in [0.25, 0.3) is 0 Å². The maximum atomic E-state index is 13.2. The maximum Gasteiger partial charge on any atom is 0.416 e. The summed E-state index contributed by atoms with van der Waals surface area (Å²) in [6, 6.07) is 5.17. The van der Waals surface area contributed by atoms with Crippen molar-refractivity contribution in [1.82, 2.24) is 15.1 Å². The van der Waals surface area contributed by atoms with Crippen molar-refractivity contribution in [2.45, 2.75) is 62.8 Å². The van der Waals surface area contributed by atoms with Gasteiger partial charge in [-0.1, -0.05) is 18.2 Å². The SMILES string of the molecule is CN(C)CCCNC(=O)C[C@@H]1CC[C@H]2[C@@H](COC[C@@H](O)CN2Cc2cccc(C(F)(F)F)c2)O1. The van der Waals surface area contributed by atoms with Crippen LogP contribution in [0.1, 0.15) is 36.8 Å². The number of aliphatic hydroxyl groups is 1. The Morgan fingerprint density at radius 2 is 2.06 bits per heavy atom. The molecule has 7 nitrogen and oxygen atoms in total. The van der Waals surface area contributed by atoms with Crippen LogP contribution < -0.4 is 5.32 Å². The first-order chi connectivity index (χ1) is 16.1. The third kappa shape index (κ3) is 8.20. The molecule has 2 aliphatic rings. The second-order valence-corrected chi connectivity index (χ2v) is 9.47. The zero-order chi connectivity index (χ0) is 24.7. The van der Waals surface area contributed by atoms with Crippen molar-refractivity contribution >= 4 is 5.91 Å². The van der Waals surface area contributed by atoms with E-state index in [1.54, 1.807) is 6.07 Å². The van der Waals surface area contributed by atoms with Gasteiger partial charge in [-0.3, -0.25) is 9.69 Å². The largest absolute Gasteiger partial charge is 0.416 e. The summed E-state index contributed by atoms with van der Waals surface area (Å²) in [6.45, 7) is 2.45. The van der Waals surface area contributed by atoms with Gasteiger partial charge < -0.3 is 24.8 Å². The van der Waals surface area contributed by atoms with E-state index in [9.17, 15) is 23.1 Å². The molecule has 2 fully saturated rings. The van der Waals surface area contributed by atoms with Crippen molar-refractivity contribution in [3.8, 4) is 0 Å². The third-order valence-corrected chi connectivity index (χ3v) is 6.24. The number of β-amino-alcohol motifs (C(OH)–C–C–N with tert-alkyl or cyclic N) is 1. The number of carbonyl (C=O) groups is 1. The van der Waals surface area contributed by atoms with Crippen LogP contribution in [-0.2, 0) is 27.0 Å². The number of halogens is 3. The summed E-state index contributed by atoms with van der Waals surface area (Å²) in [5, 5.41) is 13.2. The molecule has 2 aliphatic heterocycles. The lowest BCUT2D eigenvalue weighted by molar-refractivity contribution is -0.158. The lowest BCUT2D eigenvalue weighted by Gasteiger charge is -2.44. The molecule has 0 saturated carbocycles. The van der Waals surface area contributed by atoms with E-state index in [2.05, 4.69) is 10.2 Å². The van der Waals surface area contributed by atoms with Crippen molar-refractivity contribution < 1.29 is 32.5 Å². The summed E-state index contributed by atoms with van der Waals surface area (Å²) in [5.41, 5.74) is -0.157. The first-order valence-electron chi connectivity index (χ1n) is 11.8. The number of aliphatic hydroxyl groups excluding tert-OH is 1. The van der Waals surface area contributed by atoms with Gasteiger partial charge in [-0.2, -0.15) is 13.2 Å². The second-order valence-electron chi connectivity index (χ2n) is 9.47. The Kier molecular flexibility index (Phi) is 9.73. The molecule has 1 aromatic carbocycles. The quantitative estimate of drug-likeness (QED) is 0.548. The van der Waals surface area contributed by atoms with Gasteiger partial charge in [0.25, 0.3) is 0 Å². The van der Waals surface area contributed by atoms with Crippen LogP contribution in [0.5, 0.6) is 0 Å². The third-order valence-electron chi connectivity index (χ3n) is 6.24. The predicted molar refractivity (Wildman–Crippen MR) is 121 cm³/mol. The highest BCUT2D eigenvalue weighted by Crippen LogP contribution is 2.32. The van der Waals surface area contributed by atoms with E-state index in [1.165, 1.54) is 6.07 Å². The zero-order valence-electron chi connectivity index (χ0n) is 19.9. The Morgan fingerprint density at radius 3 is 2.79 bits per heavy atom. The monoisotopic (exact) mass is 487 g/mol. The number of carbonyl (C=O) groups excluding carboxylic acids is 1.